The zero-order valence-electron chi connectivity index (χ0n) is 14.1. The van der Waals surface area contributed by atoms with Crippen molar-refractivity contribution in [1.29, 1.82) is 0 Å². The predicted octanol–water partition coefficient (Wildman–Crippen LogP) is 3.87. The first-order valence-corrected chi connectivity index (χ1v) is 8.26. The molecule has 0 amide bonds. The molecular weight excluding hydrogens is 314 g/mol. The number of hydrogen-bond donors (Lipinski definition) is 2. The van der Waals surface area contributed by atoms with Crippen molar-refractivity contribution >= 4 is 5.97 Å². The zero-order chi connectivity index (χ0) is 17.6. The zero-order valence-corrected chi connectivity index (χ0v) is 14.1. The lowest BCUT2D eigenvalue weighted by Gasteiger charge is -2.23. The number of rotatable bonds is 6. The van der Waals surface area contributed by atoms with Crippen molar-refractivity contribution < 1.29 is 14.6 Å². The molecule has 0 aromatic heterocycles. The molecule has 3 rings (SSSR count). The van der Waals surface area contributed by atoms with E-state index in [0.717, 1.165) is 29.0 Å². The Kier molecular flexibility index (Phi) is 5.19. The summed E-state index contributed by atoms with van der Waals surface area (Å²) in [6, 6.07) is 17.6. The maximum absolute atomic E-state index is 11.9. The maximum atomic E-state index is 11.9. The van der Waals surface area contributed by atoms with Gasteiger partial charge in [-0.15, -0.1) is 0 Å². The van der Waals surface area contributed by atoms with Crippen molar-refractivity contribution in [3.8, 4) is 5.75 Å². The predicted molar refractivity (Wildman–Crippen MR) is 97.4 cm³/mol. The van der Waals surface area contributed by atoms with Gasteiger partial charge < -0.3 is 15.2 Å². The number of methoxy groups -OCH3 is 1. The van der Waals surface area contributed by atoms with Crippen LogP contribution in [-0.2, 0) is 11.2 Å². The van der Waals surface area contributed by atoms with Gasteiger partial charge in [-0.25, -0.2) is 4.79 Å². The average molecular weight is 335 g/mol. The number of ether oxygens (including phenoxy) is 1. The normalized spacial score (nSPS) is 16.4. The van der Waals surface area contributed by atoms with Gasteiger partial charge >= 0.3 is 5.97 Å². The number of aryl methyl sites for hydroxylation is 1. The summed E-state index contributed by atoms with van der Waals surface area (Å²) in [5, 5.41) is 12.9. The molecular formula is C21H21NO3. The first-order valence-electron chi connectivity index (χ1n) is 8.26. The summed E-state index contributed by atoms with van der Waals surface area (Å²) in [7, 11) is 1.64. The molecule has 4 nitrogen and oxygen atoms in total. The Morgan fingerprint density at radius 3 is 2.44 bits per heavy atom. The van der Waals surface area contributed by atoms with Crippen LogP contribution in [0.3, 0.4) is 0 Å². The molecule has 2 aromatic rings. The maximum Gasteiger partial charge on any atom is 0.334 e. The summed E-state index contributed by atoms with van der Waals surface area (Å²) in [5.41, 5.74) is 3.31. The van der Waals surface area contributed by atoms with Gasteiger partial charge in [-0.3, -0.25) is 0 Å². The second kappa shape index (κ2) is 7.71. The molecule has 1 aliphatic heterocycles. The van der Waals surface area contributed by atoms with E-state index >= 15 is 0 Å². The molecule has 25 heavy (non-hydrogen) atoms. The van der Waals surface area contributed by atoms with Gasteiger partial charge in [0.15, 0.2) is 0 Å². The summed E-state index contributed by atoms with van der Waals surface area (Å²) in [5.74, 6) is -0.293. The van der Waals surface area contributed by atoms with Crippen molar-refractivity contribution in [3.05, 3.63) is 89.3 Å². The van der Waals surface area contributed by atoms with Gasteiger partial charge in [0.05, 0.1) is 12.7 Å². The number of carboxylic acids is 1. The molecule has 4 heteroatoms. The van der Waals surface area contributed by atoms with E-state index in [0.29, 0.717) is 12.0 Å². The van der Waals surface area contributed by atoms with Gasteiger partial charge in [0.2, 0.25) is 0 Å². The second-order valence-corrected chi connectivity index (χ2v) is 5.94. The van der Waals surface area contributed by atoms with Crippen LogP contribution in [0.2, 0.25) is 0 Å². The van der Waals surface area contributed by atoms with Crippen LogP contribution >= 0.6 is 0 Å². The third-order valence-electron chi connectivity index (χ3n) is 4.39. The summed E-state index contributed by atoms with van der Waals surface area (Å²) in [6.45, 7) is 0. The van der Waals surface area contributed by atoms with Crippen LogP contribution in [0.5, 0.6) is 5.75 Å². The average Bonchev–Trinajstić information content (AvgIpc) is 2.67. The van der Waals surface area contributed by atoms with Crippen molar-refractivity contribution in [3.63, 3.8) is 0 Å². The molecule has 0 fully saturated rings. The first kappa shape index (κ1) is 16.8. The highest BCUT2D eigenvalue weighted by atomic mass is 16.5. The number of dihydropyridines is 1. The van der Waals surface area contributed by atoms with Crippen molar-refractivity contribution in [2.75, 3.05) is 7.11 Å². The monoisotopic (exact) mass is 335 g/mol. The highest BCUT2D eigenvalue weighted by molar-refractivity contribution is 5.90. The van der Waals surface area contributed by atoms with Crippen LogP contribution in [0.25, 0.3) is 0 Å². The highest BCUT2D eigenvalue weighted by Gasteiger charge is 2.26. The Hall–Kier alpha value is -3.01. The van der Waals surface area contributed by atoms with Gasteiger partial charge in [0.1, 0.15) is 5.75 Å². The van der Waals surface area contributed by atoms with Crippen LogP contribution < -0.4 is 10.1 Å². The standard InChI is InChI=1S/C21H21NO3/c1-25-17-10-7-15(8-11-17)9-12-19-20(21(23)24)18(13-14-22-19)16-5-3-2-4-6-16/h2-8,10-11,13-14,18,22H,9,12H2,1H3,(H,23,24). The summed E-state index contributed by atoms with van der Waals surface area (Å²) < 4.78 is 5.17. The Morgan fingerprint density at radius 2 is 1.80 bits per heavy atom. The molecule has 0 bridgehead atoms. The van der Waals surface area contributed by atoms with E-state index in [1.54, 1.807) is 7.11 Å². The van der Waals surface area contributed by atoms with E-state index in [1.807, 2.05) is 66.9 Å². The summed E-state index contributed by atoms with van der Waals surface area (Å²) in [4.78, 5) is 11.9. The van der Waals surface area contributed by atoms with E-state index in [4.69, 9.17) is 4.74 Å². The summed E-state index contributed by atoms with van der Waals surface area (Å²) >= 11 is 0. The number of aliphatic carboxylic acids is 1. The number of nitrogens with one attached hydrogen (secondary N) is 1. The molecule has 128 valence electrons. The lowest BCUT2D eigenvalue weighted by molar-refractivity contribution is -0.133. The van der Waals surface area contributed by atoms with Crippen molar-refractivity contribution in [1.82, 2.24) is 5.32 Å². The number of hydrogen-bond acceptors (Lipinski definition) is 3. The molecule has 0 saturated heterocycles. The quantitative estimate of drug-likeness (QED) is 0.841. The minimum atomic E-state index is -0.879. The Labute approximate surface area is 147 Å². The Bertz CT molecular complexity index is 792. The lowest BCUT2D eigenvalue weighted by Crippen LogP contribution is -2.23. The largest absolute Gasteiger partial charge is 0.497 e. The Balaban J connectivity index is 1.82. The highest BCUT2D eigenvalue weighted by Crippen LogP contribution is 2.31. The smallest absolute Gasteiger partial charge is 0.334 e. The minimum absolute atomic E-state index is 0.231. The van der Waals surface area contributed by atoms with Gasteiger partial charge in [-0.2, -0.15) is 0 Å². The topological polar surface area (TPSA) is 58.6 Å². The van der Waals surface area contributed by atoms with Gasteiger partial charge in [0, 0.05) is 11.6 Å². The van der Waals surface area contributed by atoms with Crippen LogP contribution in [-0.4, -0.2) is 18.2 Å². The van der Waals surface area contributed by atoms with Gasteiger partial charge in [-0.1, -0.05) is 48.5 Å². The molecule has 0 radical (unpaired) electrons. The fourth-order valence-corrected chi connectivity index (χ4v) is 3.08. The summed E-state index contributed by atoms with van der Waals surface area (Å²) in [6.07, 6.45) is 5.14. The van der Waals surface area contributed by atoms with Crippen LogP contribution in [0.4, 0.5) is 0 Å². The van der Waals surface area contributed by atoms with E-state index < -0.39 is 5.97 Å². The molecule has 2 N–H and O–H groups in total. The molecule has 0 spiro atoms. The first-order chi connectivity index (χ1) is 12.2. The number of carboxylic acid groups (broad SMARTS) is 1. The molecule has 0 saturated carbocycles. The fourth-order valence-electron chi connectivity index (χ4n) is 3.08. The van der Waals surface area contributed by atoms with Crippen molar-refractivity contribution in [2.24, 2.45) is 0 Å². The third kappa shape index (κ3) is 3.91. The SMILES string of the molecule is COc1ccc(CCC2=C(C(=O)O)C(c3ccccc3)C=CN2)cc1. The van der Waals surface area contributed by atoms with Gasteiger partial charge in [0.25, 0.3) is 0 Å². The lowest BCUT2D eigenvalue weighted by atomic mass is 9.86. The van der Waals surface area contributed by atoms with E-state index in [1.165, 1.54) is 0 Å². The number of allylic oxidation sites excluding steroid dienone is 2. The molecule has 0 aliphatic carbocycles. The van der Waals surface area contributed by atoms with Crippen LogP contribution in [0.15, 0.2) is 78.1 Å². The van der Waals surface area contributed by atoms with E-state index in [-0.39, 0.29) is 5.92 Å². The van der Waals surface area contributed by atoms with Crippen LogP contribution in [0, 0.1) is 0 Å². The molecule has 1 unspecified atom stereocenters. The van der Waals surface area contributed by atoms with Gasteiger partial charge in [-0.05, 0) is 42.3 Å². The molecule has 2 aromatic carbocycles. The molecule has 1 atom stereocenters. The van der Waals surface area contributed by atoms with Crippen molar-refractivity contribution in [2.45, 2.75) is 18.8 Å². The Morgan fingerprint density at radius 1 is 1.08 bits per heavy atom. The number of benzene rings is 2. The fraction of sp³-hybridized carbons (Fsp3) is 0.190. The second-order valence-electron chi connectivity index (χ2n) is 5.94. The molecule has 1 aliphatic rings. The molecule has 1 heterocycles. The number of carbonyl (C=O) groups is 1. The third-order valence-corrected chi connectivity index (χ3v) is 4.39. The van der Waals surface area contributed by atoms with E-state index in [9.17, 15) is 9.90 Å². The van der Waals surface area contributed by atoms with Crippen LogP contribution in [0.1, 0.15) is 23.5 Å². The van der Waals surface area contributed by atoms with E-state index in [2.05, 4.69) is 5.32 Å². The minimum Gasteiger partial charge on any atom is -0.497 e.